The normalized spacial score (nSPS) is 34.1. The van der Waals surface area contributed by atoms with Crippen LogP contribution in [0.1, 0.15) is 33.6 Å². The summed E-state index contributed by atoms with van der Waals surface area (Å²) in [4.78, 5) is 11.4. The highest BCUT2D eigenvalue weighted by molar-refractivity contribution is 5.83. The predicted octanol–water partition coefficient (Wildman–Crippen LogP) is 1.79. The van der Waals surface area contributed by atoms with Crippen LogP contribution < -0.4 is 0 Å². The van der Waals surface area contributed by atoms with Crippen LogP contribution in [-0.2, 0) is 19.0 Å². The lowest BCUT2D eigenvalue weighted by molar-refractivity contribution is -0.147. The Hall–Kier alpha value is -0.870. The molecule has 4 heteroatoms. The fourth-order valence-corrected chi connectivity index (χ4v) is 2.30. The molecule has 0 aromatic rings. The maximum atomic E-state index is 11.4. The Morgan fingerprint density at radius 2 is 2.31 bits per heavy atom. The maximum Gasteiger partial charge on any atom is 0.330 e. The Kier molecular flexibility index (Phi) is 3.04. The van der Waals surface area contributed by atoms with E-state index in [1.54, 1.807) is 13.0 Å². The first-order valence-electron chi connectivity index (χ1n) is 5.74. The van der Waals surface area contributed by atoms with Crippen molar-refractivity contribution in [1.82, 2.24) is 0 Å². The van der Waals surface area contributed by atoms with Crippen LogP contribution in [0.4, 0.5) is 0 Å². The third-order valence-corrected chi connectivity index (χ3v) is 2.86. The second-order valence-corrected chi connectivity index (χ2v) is 4.60. The molecule has 0 N–H and O–H groups in total. The monoisotopic (exact) mass is 226 g/mol. The number of carbonyl (C=O) groups is 1. The summed E-state index contributed by atoms with van der Waals surface area (Å²) in [7, 11) is 0. The molecule has 0 spiro atoms. The third kappa shape index (κ3) is 2.28. The van der Waals surface area contributed by atoms with Crippen LogP contribution in [0.25, 0.3) is 0 Å². The van der Waals surface area contributed by atoms with Crippen LogP contribution >= 0.6 is 0 Å². The summed E-state index contributed by atoms with van der Waals surface area (Å²) in [6, 6.07) is 0. The van der Waals surface area contributed by atoms with Crippen molar-refractivity contribution >= 4 is 5.97 Å². The molecule has 0 radical (unpaired) electrons. The van der Waals surface area contributed by atoms with Gasteiger partial charge in [0, 0.05) is 6.08 Å². The molecular formula is C12H18O4. The van der Waals surface area contributed by atoms with E-state index in [0.29, 0.717) is 6.61 Å². The van der Waals surface area contributed by atoms with Gasteiger partial charge in [-0.05, 0) is 39.2 Å². The van der Waals surface area contributed by atoms with Gasteiger partial charge in [0.15, 0.2) is 5.79 Å². The van der Waals surface area contributed by atoms with E-state index in [2.05, 4.69) is 0 Å². The van der Waals surface area contributed by atoms with Crippen molar-refractivity contribution in [3.63, 3.8) is 0 Å². The zero-order chi connectivity index (χ0) is 11.8. The second kappa shape index (κ2) is 4.18. The maximum absolute atomic E-state index is 11.4. The van der Waals surface area contributed by atoms with Gasteiger partial charge in [-0.1, -0.05) is 0 Å². The summed E-state index contributed by atoms with van der Waals surface area (Å²) in [5.41, 5.74) is 0.994. The highest BCUT2D eigenvalue weighted by Crippen LogP contribution is 2.40. The first-order valence-corrected chi connectivity index (χ1v) is 5.74. The Bertz CT molecular complexity index is 319. The van der Waals surface area contributed by atoms with Crippen molar-refractivity contribution < 1.29 is 19.0 Å². The van der Waals surface area contributed by atoms with Crippen molar-refractivity contribution in [2.75, 3.05) is 6.61 Å². The van der Waals surface area contributed by atoms with Crippen LogP contribution in [0.2, 0.25) is 0 Å². The summed E-state index contributed by atoms with van der Waals surface area (Å²) in [5.74, 6) is -0.824. The number of rotatable bonds is 2. The van der Waals surface area contributed by atoms with Crippen LogP contribution in [0.3, 0.4) is 0 Å². The van der Waals surface area contributed by atoms with E-state index in [1.165, 1.54) is 0 Å². The molecule has 1 saturated carbocycles. The standard InChI is InChI=1S/C12H18O4/c1-4-14-10(13)7-8-5-6-9-11(8)16-12(2,3)15-9/h7,9,11H,4-6H2,1-3H3/b8-7-. The molecule has 2 unspecified atom stereocenters. The quantitative estimate of drug-likeness (QED) is 0.532. The molecule has 0 bridgehead atoms. The molecule has 2 aliphatic rings. The minimum atomic E-state index is -0.538. The highest BCUT2D eigenvalue weighted by Gasteiger charge is 2.46. The molecule has 2 atom stereocenters. The van der Waals surface area contributed by atoms with E-state index in [0.717, 1.165) is 18.4 Å². The van der Waals surface area contributed by atoms with Gasteiger partial charge in [-0.2, -0.15) is 0 Å². The molecule has 0 aromatic carbocycles. The van der Waals surface area contributed by atoms with Gasteiger partial charge in [-0.3, -0.25) is 0 Å². The molecule has 0 aromatic heterocycles. The predicted molar refractivity (Wildman–Crippen MR) is 57.8 cm³/mol. The smallest absolute Gasteiger partial charge is 0.330 e. The molecular weight excluding hydrogens is 208 g/mol. The Morgan fingerprint density at radius 1 is 1.56 bits per heavy atom. The van der Waals surface area contributed by atoms with Crippen LogP contribution in [-0.4, -0.2) is 30.6 Å². The fraction of sp³-hybridized carbons (Fsp3) is 0.750. The minimum Gasteiger partial charge on any atom is -0.463 e. The summed E-state index contributed by atoms with van der Waals surface area (Å²) in [6.45, 7) is 5.99. The average Bonchev–Trinajstić information content (AvgIpc) is 2.64. The Labute approximate surface area is 95.6 Å². The number of hydrogen-bond donors (Lipinski definition) is 0. The van der Waals surface area contributed by atoms with E-state index in [-0.39, 0.29) is 18.2 Å². The van der Waals surface area contributed by atoms with Crippen molar-refractivity contribution in [2.45, 2.75) is 51.6 Å². The molecule has 1 aliphatic heterocycles. The molecule has 1 saturated heterocycles. The van der Waals surface area contributed by atoms with Gasteiger partial charge in [0.05, 0.1) is 12.7 Å². The highest BCUT2D eigenvalue weighted by atomic mass is 16.8. The lowest BCUT2D eigenvalue weighted by Crippen LogP contribution is -2.22. The summed E-state index contributed by atoms with van der Waals surface area (Å²) in [5, 5.41) is 0. The lowest BCUT2D eigenvalue weighted by atomic mass is 10.1. The molecule has 1 aliphatic carbocycles. The van der Waals surface area contributed by atoms with Crippen molar-refractivity contribution in [3.8, 4) is 0 Å². The molecule has 2 rings (SSSR count). The van der Waals surface area contributed by atoms with Gasteiger partial charge in [-0.15, -0.1) is 0 Å². The van der Waals surface area contributed by atoms with E-state index < -0.39 is 5.79 Å². The van der Waals surface area contributed by atoms with E-state index in [1.807, 2.05) is 13.8 Å². The molecule has 90 valence electrons. The van der Waals surface area contributed by atoms with Crippen molar-refractivity contribution in [3.05, 3.63) is 11.6 Å². The largest absolute Gasteiger partial charge is 0.463 e. The number of hydrogen-bond acceptors (Lipinski definition) is 4. The van der Waals surface area contributed by atoms with E-state index in [9.17, 15) is 4.79 Å². The van der Waals surface area contributed by atoms with E-state index >= 15 is 0 Å². The van der Waals surface area contributed by atoms with Crippen LogP contribution in [0.5, 0.6) is 0 Å². The number of fused-ring (bicyclic) bond motifs is 1. The zero-order valence-electron chi connectivity index (χ0n) is 9.99. The molecule has 4 nitrogen and oxygen atoms in total. The van der Waals surface area contributed by atoms with Gasteiger partial charge >= 0.3 is 5.97 Å². The summed E-state index contributed by atoms with van der Waals surface area (Å²) in [6.07, 6.45) is 3.35. The lowest BCUT2D eigenvalue weighted by Gasteiger charge is -2.18. The van der Waals surface area contributed by atoms with Gasteiger partial charge in [-0.25, -0.2) is 4.79 Å². The third-order valence-electron chi connectivity index (χ3n) is 2.86. The zero-order valence-corrected chi connectivity index (χ0v) is 9.99. The second-order valence-electron chi connectivity index (χ2n) is 4.60. The number of ether oxygens (including phenoxy) is 3. The van der Waals surface area contributed by atoms with Crippen LogP contribution in [0.15, 0.2) is 11.6 Å². The molecule has 2 fully saturated rings. The van der Waals surface area contributed by atoms with Crippen molar-refractivity contribution in [1.29, 1.82) is 0 Å². The van der Waals surface area contributed by atoms with Gasteiger partial charge in [0.1, 0.15) is 6.10 Å². The SMILES string of the molecule is CCOC(=O)/C=C1/CCC2OC(C)(C)OC12. The van der Waals surface area contributed by atoms with Crippen LogP contribution in [0, 0.1) is 0 Å². The number of carbonyl (C=O) groups excluding carboxylic acids is 1. The first kappa shape index (κ1) is 11.6. The van der Waals surface area contributed by atoms with E-state index in [4.69, 9.17) is 14.2 Å². The topological polar surface area (TPSA) is 44.8 Å². The molecule has 1 heterocycles. The molecule has 0 amide bonds. The van der Waals surface area contributed by atoms with Gasteiger partial charge in [0.2, 0.25) is 0 Å². The molecule has 16 heavy (non-hydrogen) atoms. The summed E-state index contributed by atoms with van der Waals surface area (Å²) >= 11 is 0. The number of esters is 1. The summed E-state index contributed by atoms with van der Waals surface area (Å²) < 4.78 is 16.4. The fourth-order valence-electron chi connectivity index (χ4n) is 2.30. The van der Waals surface area contributed by atoms with Gasteiger partial charge in [0.25, 0.3) is 0 Å². The Balaban J connectivity index is 2.06. The Morgan fingerprint density at radius 3 is 3.00 bits per heavy atom. The average molecular weight is 226 g/mol. The van der Waals surface area contributed by atoms with Crippen molar-refractivity contribution in [2.24, 2.45) is 0 Å². The first-order chi connectivity index (χ1) is 7.52. The van der Waals surface area contributed by atoms with Gasteiger partial charge < -0.3 is 14.2 Å². The minimum absolute atomic E-state index is 0.0700.